The van der Waals surface area contributed by atoms with E-state index in [9.17, 15) is 9.90 Å². The molecule has 3 N–H and O–H groups in total. The van der Waals surface area contributed by atoms with Crippen LogP contribution in [0.1, 0.15) is 27.7 Å². The van der Waals surface area contributed by atoms with Crippen molar-refractivity contribution in [1.29, 1.82) is 0 Å². The molecule has 6 nitrogen and oxygen atoms in total. The number of carbonyl (C=O) groups is 1. The summed E-state index contributed by atoms with van der Waals surface area (Å²) in [6.45, 7) is 6.58. The van der Waals surface area contributed by atoms with Crippen molar-refractivity contribution in [3.8, 4) is 0 Å². The maximum absolute atomic E-state index is 10.9. The molecule has 0 heterocycles. The molecule has 0 radical (unpaired) electrons. The highest BCUT2D eigenvalue weighted by Crippen LogP contribution is 2.61. The van der Waals surface area contributed by atoms with Crippen LogP contribution in [0, 0.1) is 17.3 Å². The minimum atomic E-state index is -1.17. The van der Waals surface area contributed by atoms with E-state index in [-0.39, 0.29) is 0 Å². The number of carboxylic acids is 1. The molecule has 1 saturated carbocycles. The van der Waals surface area contributed by atoms with Gasteiger partial charge in [-0.1, -0.05) is 18.9 Å². The Balaban J connectivity index is 2.77. The van der Waals surface area contributed by atoms with Crippen LogP contribution in [0.3, 0.4) is 0 Å². The molecule has 94 valence electrons. The Bertz CT molecular complexity index is 285. The van der Waals surface area contributed by atoms with Gasteiger partial charge in [0, 0.05) is 5.92 Å². The lowest BCUT2D eigenvalue weighted by molar-refractivity contribution is -0.528. The van der Waals surface area contributed by atoms with E-state index in [1.54, 1.807) is 13.8 Å². The number of aliphatic hydroxyl groups is 1. The van der Waals surface area contributed by atoms with Gasteiger partial charge in [0.15, 0.2) is 0 Å². The third-order valence-electron chi connectivity index (χ3n) is 3.48. The first-order valence-corrected chi connectivity index (χ1v) is 5.06. The summed E-state index contributed by atoms with van der Waals surface area (Å²) in [5.74, 6) is -1.96. The number of hydrogen-bond donors (Lipinski definition) is 3. The summed E-state index contributed by atoms with van der Waals surface area (Å²) >= 11 is 0. The SMILES string of the molecule is CC(C)(OOO)C(O)C1C(C(=O)O)C1(C)C. The van der Waals surface area contributed by atoms with Gasteiger partial charge in [-0.15, -0.1) is 0 Å². The Labute approximate surface area is 93.6 Å². The molecule has 1 aliphatic rings. The second-order valence-electron chi connectivity index (χ2n) is 5.37. The fraction of sp³-hybridized carbons (Fsp3) is 0.900. The molecular formula is C10H18O6. The summed E-state index contributed by atoms with van der Waals surface area (Å²) in [4.78, 5) is 15.5. The molecule has 1 aliphatic carbocycles. The predicted molar refractivity (Wildman–Crippen MR) is 53.3 cm³/mol. The normalized spacial score (nSPS) is 29.9. The molecule has 0 amide bonds. The van der Waals surface area contributed by atoms with Crippen molar-refractivity contribution in [3.63, 3.8) is 0 Å². The van der Waals surface area contributed by atoms with Crippen molar-refractivity contribution in [2.45, 2.75) is 39.4 Å². The fourth-order valence-electron chi connectivity index (χ4n) is 2.32. The summed E-state index contributed by atoms with van der Waals surface area (Å²) in [6, 6.07) is 0. The average Bonchev–Trinajstić information content (AvgIpc) is 2.67. The van der Waals surface area contributed by atoms with Crippen molar-refractivity contribution in [2.75, 3.05) is 0 Å². The largest absolute Gasteiger partial charge is 0.481 e. The Morgan fingerprint density at radius 3 is 2.25 bits per heavy atom. The zero-order valence-corrected chi connectivity index (χ0v) is 9.80. The van der Waals surface area contributed by atoms with Gasteiger partial charge < -0.3 is 10.2 Å². The molecule has 0 aromatic heterocycles. The Hall–Kier alpha value is -0.690. The molecule has 0 aliphatic heterocycles. The number of rotatable bonds is 5. The van der Waals surface area contributed by atoms with E-state index in [1.165, 1.54) is 13.8 Å². The monoisotopic (exact) mass is 234 g/mol. The first-order chi connectivity index (χ1) is 7.16. The standard InChI is InChI=1S/C10H18O6/c1-9(2)5(6(9)8(12)13)7(11)10(3,4)15-16-14/h5-7,11,14H,1-4H3,(H,12,13). The van der Waals surface area contributed by atoms with Gasteiger partial charge >= 0.3 is 5.97 Å². The van der Waals surface area contributed by atoms with Crippen LogP contribution in [-0.2, 0) is 14.7 Å². The minimum absolute atomic E-state index is 0.421. The Kier molecular flexibility index (Phi) is 3.31. The van der Waals surface area contributed by atoms with E-state index < -0.39 is 34.9 Å². The number of hydrogen-bond acceptors (Lipinski definition) is 5. The van der Waals surface area contributed by atoms with Crippen molar-refractivity contribution in [1.82, 2.24) is 0 Å². The van der Waals surface area contributed by atoms with Crippen LogP contribution in [0.25, 0.3) is 0 Å². The van der Waals surface area contributed by atoms with Crippen LogP contribution in [0.5, 0.6) is 0 Å². The lowest BCUT2D eigenvalue weighted by Gasteiger charge is -2.28. The molecule has 1 fully saturated rings. The number of aliphatic carboxylic acids is 1. The van der Waals surface area contributed by atoms with Crippen molar-refractivity contribution < 1.29 is 30.2 Å². The summed E-state index contributed by atoms with van der Waals surface area (Å²) in [5.41, 5.74) is -1.65. The molecule has 0 saturated heterocycles. The van der Waals surface area contributed by atoms with Gasteiger partial charge in [-0.05, 0) is 19.3 Å². The van der Waals surface area contributed by atoms with Crippen LogP contribution in [-0.4, -0.2) is 33.1 Å². The zero-order valence-electron chi connectivity index (χ0n) is 9.80. The summed E-state index contributed by atoms with van der Waals surface area (Å²) in [6.07, 6.45) is -1.03. The predicted octanol–water partition coefficient (Wildman–Crippen LogP) is 0.904. The van der Waals surface area contributed by atoms with Crippen LogP contribution >= 0.6 is 0 Å². The first kappa shape index (κ1) is 13.4. The van der Waals surface area contributed by atoms with Gasteiger partial charge in [0.2, 0.25) is 0 Å². The highest BCUT2D eigenvalue weighted by molar-refractivity contribution is 5.75. The van der Waals surface area contributed by atoms with E-state index in [4.69, 9.17) is 10.4 Å². The highest BCUT2D eigenvalue weighted by atomic mass is 17.5. The van der Waals surface area contributed by atoms with Gasteiger partial charge in [0.05, 0.1) is 12.0 Å². The van der Waals surface area contributed by atoms with E-state index in [0.717, 1.165) is 0 Å². The van der Waals surface area contributed by atoms with Crippen molar-refractivity contribution in [2.24, 2.45) is 17.3 Å². The Morgan fingerprint density at radius 2 is 1.94 bits per heavy atom. The summed E-state index contributed by atoms with van der Waals surface area (Å²) in [7, 11) is 0. The molecule has 0 aromatic rings. The van der Waals surface area contributed by atoms with Crippen molar-refractivity contribution in [3.05, 3.63) is 0 Å². The average molecular weight is 234 g/mol. The van der Waals surface area contributed by atoms with Gasteiger partial charge in [-0.25, -0.2) is 5.26 Å². The lowest BCUT2D eigenvalue weighted by atomic mass is 9.93. The van der Waals surface area contributed by atoms with Crippen molar-refractivity contribution >= 4 is 5.97 Å². The first-order valence-electron chi connectivity index (χ1n) is 5.06. The molecule has 0 spiro atoms. The zero-order chi connectivity index (χ0) is 12.7. The van der Waals surface area contributed by atoms with Gasteiger partial charge in [-0.2, -0.15) is 4.89 Å². The van der Waals surface area contributed by atoms with E-state index in [0.29, 0.717) is 0 Å². The third-order valence-corrected chi connectivity index (χ3v) is 3.48. The Morgan fingerprint density at radius 1 is 1.44 bits per heavy atom. The second-order valence-corrected chi connectivity index (χ2v) is 5.37. The van der Waals surface area contributed by atoms with Crippen LogP contribution in [0.2, 0.25) is 0 Å². The molecule has 6 heteroatoms. The van der Waals surface area contributed by atoms with Crippen LogP contribution in [0.15, 0.2) is 0 Å². The van der Waals surface area contributed by atoms with Crippen LogP contribution in [0.4, 0.5) is 0 Å². The molecule has 3 unspecified atom stereocenters. The van der Waals surface area contributed by atoms with E-state index >= 15 is 0 Å². The topological polar surface area (TPSA) is 96.2 Å². The van der Waals surface area contributed by atoms with E-state index in [1.807, 2.05) is 0 Å². The smallest absolute Gasteiger partial charge is 0.307 e. The molecular weight excluding hydrogens is 216 g/mol. The van der Waals surface area contributed by atoms with Gasteiger partial charge in [-0.3, -0.25) is 4.79 Å². The summed E-state index contributed by atoms with van der Waals surface area (Å²) in [5, 5.41) is 30.8. The maximum atomic E-state index is 10.9. The summed E-state index contributed by atoms with van der Waals surface area (Å²) < 4.78 is 0. The molecule has 0 aromatic carbocycles. The maximum Gasteiger partial charge on any atom is 0.307 e. The molecule has 1 rings (SSSR count). The third kappa shape index (κ3) is 2.06. The second kappa shape index (κ2) is 3.96. The van der Waals surface area contributed by atoms with E-state index in [2.05, 4.69) is 9.93 Å². The lowest BCUT2D eigenvalue weighted by Crippen LogP contribution is -2.41. The van der Waals surface area contributed by atoms with Gasteiger partial charge in [0.1, 0.15) is 5.60 Å². The quantitative estimate of drug-likeness (QED) is 0.483. The highest BCUT2D eigenvalue weighted by Gasteiger charge is 2.67. The number of carboxylic acid groups (broad SMARTS) is 1. The van der Waals surface area contributed by atoms with Crippen LogP contribution < -0.4 is 0 Å². The van der Waals surface area contributed by atoms with Gasteiger partial charge in [0.25, 0.3) is 0 Å². The molecule has 16 heavy (non-hydrogen) atoms. The molecule has 0 bridgehead atoms. The number of aliphatic hydroxyl groups excluding tert-OH is 1. The fourth-order valence-corrected chi connectivity index (χ4v) is 2.32. The molecule has 3 atom stereocenters. The minimum Gasteiger partial charge on any atom is -0.481 e.